The molecule has 3 amide bonds. The lowest BCUT2D eigenvalue weighted by atomic mass is 9.78. The topological polar surface area (TPSA) is 133 Å². The molecule has 2 aromatic carbocycles. The van der Waals surface area contributed by atoms with E-state index in [4.69, 9.17) is 9.15 Å². The summed E-state index contributed by atoms with van der Waals surface area (Å²) in [6.07, 6.45) is -0.159. The number of carbonyl (C=O) groups is 3. The van der Waals surface area contributed by atoms with E-state index in [1.807, 2.05) is 12.1 Å². The van der Waals surface area contributed by atoms with Crippen molar-refractivity contribution in [3.05, 3.63) is 48.2 Å². The van der Waals surface area contributed by atoms with Gasteiger partial charge in [-0.25, -0.2) is 8.78 Å². The van der Waals surface area contributed by atoms with Crippen molar-refractivity contribution in [2.45, 2.75) is 55.5 Å². The molecule has 0 spiro atoms. The van der Waals surface area contributed by atoms with E-state index >= 15 is 0 Å². The van der Waals surface area contributed by atoms with Crippen LogP contribution in [-0.4, -0.2) is 42.3 Å². The summed E-state index contributed by atoms with van der Waals surface area (Å²) < 4.78 is 39.0. The molecule has 3 aromatic rings. The normalized spacial score (nSPS) is 18.4. The standard InChI is InChI=1S/C28H26F2N4O5/c1-38-21-5-4-17(12-20(21)32-16-35)18-2-3-19-14-23(39-22(19)13-18)24(36)33-27(8-10-28(29,30)11-9-27)25(37)34-26(15-31)6-7-26/h2-5,12-14,16H,6-11H2,1H3,(H,32,35)(H,33,36)(H,34,37). The van der Waals surface area contributed by atoms with Gasteiger partial charge in [0.2, 0.25) is 18.2 Å². The SMILES string of the molecule is COc1ccc(-c2ccc3cc(C(=O)NC4(C(=O)NC5(C#N)CC5)CCC(F)(F)CC4)oc3c2)cc1NC=O. The molecular weight excluding hydrogens is 510 g/mol. The van der Waals surface area contributed by atoms with E-state index in [-0.39, 0.29) is 18.6 Å². The average molecular weight is 537 g/mol. The molecular formula is C28H26F2N4O5. The second-order valence-corrected chi connectivity index (χ2v) is 10.1. The van der Waals surface area contributed by atoms with Crippen molar-refractivity contribution in [2.75, 3.05) is 12.4 Å². The molecule has 2 aliphatic rings. The highest BCUT2D eigenvalue weighted by Gasteiger charge is 2.53. The number of fused-ring (bicyclic) bond motifs is 1. The molecule has 5 rings (SSSR count). The summed E-state index contributed by atoms with van der Waals surface area (Å²) in [6.45, 7) is 0. The first-order chi connectivity index (χ1) is 18.6. The largest absolute Gasteiger partial charge is 0.495 e. The Labute approximate surface area is 222 Å². The van der Waals surface area contributed by atoms with E-state index in [9.17, 15) is 28.4 Å². The third-order valence-electron chi connectivity index (χ3n) is 7.43. The zero-order valence-corrected chi connectivity index (χ0v) is 21.1. The first-order valence-electron chi connectivity index (χ1n) is 12.5. The number of carbonyl (C=O) groups excluding carboxylic acids is 3. The van der Waals surface area contributed by atoms with E-state index in [2.05, 4.69) is 22.0 Å². The molecule has 0 radical (unpaired) electrons. The monoisotopic (exact) mass is 536 g/mol. The maximum atomic E-state index is 14.0. The first kappa shape index (κ1) is 26.2. The number of ether oxygens (including phenoxy) is 1. The molecule has 39 heavy (non-hydrogen) atoms. The number of furan rings is 1. The highest BCUT2D eigenvalue weighted by Crippen LogP contribution is 2.41. The molecule has 3 N–H and O–H groups in total. The van der Waals surface area contributed by atoms with Crippen LogP contribution < -0.4 is 20.7 Å². The van der Waals surface area contributed by atoms with Crippen LogP contribution in [0.3, 0.4) is 0 Å². The predicted octanol–water partition coefficient (Wildman–Crippen LogP) is 4.53. The number of hydrogen-bond acceptors (Lipinski definition) is 6. The number of benzene rings is 2. The minimum atomic E-state index is -2.93. The van der Waals surface area contributed by atoms with Gasteiger partial charge in [-0.3, -0.25) is 14.4 Å². The third kappa shape index (κ3) is 5.14. The second-order valence-electron chi connectivity index (χ2n) is 10.1. The van der Waals surface area contributed by atoms with E-state index in [0.29, 0.717) is 41.7 Å². The van der Waals surface area contributed by atoms with Gasteiger partial charge in [0, 0.05) is 18.2 Å². The van der Waals surface area contributed by atoms with Gasteiger partial charge in [-0.1, -0.05) is 18.2 Å². The fourth-order valence-corrected chi connectivity index (χ4v) is 4.84. The summed E-state index contributed by atoms with van der Waals surface area (Å²) in [5.41, 5.74) is -0.205. The first-order valence-corrected chi connectivity index (χ1v) is 12.5. The van der Waals surface area contributed by atoms with Crippen molar-refractivity contribution in [3.8, 4) is 22.9 Å². The minimum absolute atomic E-state index is 0.0777. The number of anilines is 1. The lowest BCUT2D eigenvalue weighted by molar-refractivity contribution is -0.133. The van der Waals surface area contributed by atoms with Crippen LogP contribution in [-0.2, 0) is 9.59 Å². The Hall–Kier alpha value is -4.46. The highest BCUT2D eigenvalue weighted by atomic mass is 19.3. The van der Waals surface area contributed by atoms with Gasteiger partial charge in [0.05, 0.1) is 18.9 Å². The molecule has 2 aliphatic carbocycles. The van der Waals surface area contributed by atoms with Crippen LogP contribution >= 0.6 is 0 Å². The number of nitrogens with zero attached hydrogens (tertiary/aromatic N) is 1. The van der Waals surface area contributed by atoms with Crippen LogP contribution in [0.4, 0.5) is 14.5 Å². The summed E-state index contributed by atoms with van der Waals surface area (Å²) in [5, 5.41) is 17.9. The molecule has 0 bridgehead atoms. The lowest BCUT2D eigenvalue weighted by Gasteiger charge is -2.39. The fraction of sp³-hybridized carbons (Fsp3) is 0.357. The van der Waals surface area contributed by atoms with Gasteiger partial charge in [-0.05, 0) is 61.1 Å². The van der Waals surface area contributed by atoms with Gasteiger partial charge < -0.3 is 25.1 Å². The van der Waals surface area contributed by atoms with Crippen molar-refractivity contribution in [3.63, 3.8) is 0 Å². The van der Waals surface area contributed by atoms with Crippen molar-refractivity contribution < 1.29 is 32.3 Å². The number of nitrogens with one attached hydrogen (secondary N) is 3. The van der Waals surface area contributed by atoms with Gasteiger partial charge in [0.25, 0.3) is 5.91 Å². The number of methoxy groups -OCH3 is 1. The third-order valence-corrected chi connectivity index (χ3v) is 7.43. The summed E-state index contributed by atoms with van der Waals surface area (Å²) in [4.78, 5) is 37.4. The Morgan fingerprint density at radius 3 is 2.33 bits per heavy atom. The maximum absolute atomic E-state index is 14.0. The van der Waals surface area contributed by atoms with Crippen LogP contribution in [0.25, 0.3) is 22.1 Å². The second kappa shape index (κ2) is 9.69. The molecule has 0 saturated heterocycles. The van der Waals surface area contributed by atoms with Crippen LogP contribution in [0.1, 0.15) is 49.1 Å². The van der Waals surface area contributed by atoms with E-state index in [1.165, 1.54) is 13.2 Å². The van der Waals surface area contributed by atoms with Gasteiger partial charge in [-0.2, -0.15) is 5.26 Å². The number of rotatable bonds is 8. The molecule has 9 nitrogen and oxygen atoms in total. The Balaban J connectivity index is 1.40. The van der Waals surface area contributed by atoms with Crippen molar-refractivity contribution in [1.29, 1.82) is 5.26 Å². The van der Waals surface area contributed by atoms with Gasteiger partial charge in [-0.15, -0.1) is 0 Å². The molecule has 0 unspecified atom stereocenters. The van der Waals surface area contributed by atoms with E-state index < -0.39 is 41.7 Å². The average Bonchev–Trinajstić information content (AvgIpc) is 3.56. The molecule has 2 saturated carbocycles. The fourth-order valence-electron chi connectivity index (χ4n) is 4.84. The lowest BCUT2D eigenvalue weighted by Crippen LogP contribution is -2.62. The maximum Gasteiger partial charge on any atom is 0.287 e. The Kier molecular flexibility index (Phi) is 6.50. The number of halogens is 2. The van der Waals surface area contributed by atoms with Crippen molar-refractivity contribution >= 4 is 34.9 Å². The number of alkyl halides is 2. The van der Waals surface area contributed by atoms with Crippen LogP contribution in [0, 0.1) is 11.3 Å². The molecule has 0 aliphatic heterocycles. The predicted molar refractivity (Wildman–Crippen MR) is 137 cm³/mol. The molecule has 1 heterocycles. The molecule has 1 aromatic heterocycles. The highest BCUT2D eigenvalue weighted by molar-refractivity contribution is 6.01. The van der Waals surface area contributed by atoms with Crippen LogP contribution in [0.5, 0.6) is 5.75 Å². The van der Waals surface area contributed by atoms with Crippen LogP contribution in [0.15, 0.2) is 46.9 Å². The number of nitriles is 1. The summed E-state index contributed by atoms with van der Waals surface area (Å²) >= 11 is 0. The zero-order chi connectivity index (χ0) is 27.8. The minimum Gasteiger partial charge on any atom is -0.495 e. The molecule has 0 atom stereocenters. The summed E-state index contributed by atoms with van der Waals surface area (Å²) in [5.74, 6) is -3.87. The van der Waals surface area contributed by atoms with Crippen LogP contribution in [0.2, 0.25) is 0 Å². The quantitative estimate of drug-likeness (QED) is 0.363. The van der Waals surface area contributed by atoms with Gasteiger partial charge in [0.15, 0.2) is 5.76 Å². The summed E-state index contributed by atoms with van der Waals surface area (Å²) in [6, 6.07) is 14.1. The smallest absolute Gasteiger partial charge is 0.287 e. The number of amides is 3. The molecule has 2 fully saturated rings. The zero-order valence-electron chi connectivity index (χ0n) is 21.1. The van der Waals surface area contributed by atoms with Gasteiger partial charge in [0.1, 0.15) is 22.4 Å². The van der Waals surface area contributed by atoms with Gasteiger partial charge >= 0.3 is 0 Å². The number of hydrogen-bond donors (Lipinski definition) is 3. The van der Waals surface area contributed by atoms with E-state index in [0.717, 1.165) is 11.1 Å². The Bertz CT molecular complexity index is 1500. The molecule has 11 heteroatoms. The van der Waals surface area contributed by atoms with Crippen molar-refractivity contribution in [1.82, 2.24) is 10.6 Å². The summed E-state index contributed by atoms with van der Waals surface area (Å²) in [7, 11) is 1.49. The Morgan fingerprint density at radius 2 is 1.69 bits per heavy atom. The van der Waals surface area contributed by atoms with Crippen molar-refractivity contribution in [2.24, 2.45) is 0 Å². The molecule has 202 valence electrons. The van der Waals surface area contributed by atoms with E-state index in [1.54, 1.807) is 24.3 Å². The Morgan fingerprint density at radius 1 is 1.00 bits per heavy atom.